The highest BCUT2D eigenvalue weighted by Crippen LogP contribution is 2.33. The first-order valence-corrected chi connectivity index (χ1v) is 7.83. The normalized spacial score (nSPS) is 17.8. The summed E-state index contributed by atoms with van der Waals surface area (Å²) in [7, 11) is 0. The van der Waals surface area contributed by atoms with Crippen LogP contribution < -0.4 is 5.32 Å². The van der Waals surface area contributed by atoms with Gasteiger partial charge in [0.15, 0.2) is 5.17 Å². The molecule has 102 valence electrons. The average molecular weight is 282 g/mol. The van der Waals surface area contributed by atoms with Crippen LogP contribution in [0.3, 0.4) is 0 Å². The third kappa shape index (κ3) is 3.42. The fraction of sp³-hybridized carbons (Fsp3) is 0.235. The van der Waals surface area contributed by atoms with Gasteiger partial charge in [0.25, 0.3) is 0 Å². The summed E-state index contributed by atoms with van der Waals surface area (Å²) in [5.74, 6) is 0. The Balaban J connectivity index is 1.46. The monoisotopic (exact) mass is 282 g/mol. The van der Waals surface area contributed by atoms with Crippen molar-refractivity contribution in [3.05, 3.63) is 71.8 Å². The number of rotatable bonds is 4. The van der Waals surface area contributed by atoms with E-state index in [0.717, 1.165) is 24.7 Å². The molecule has 0 saturated carbocycles. The van der Waals surface area contributed by atoms with Crippen molar-refractivity contribution in [3.8, 4) is 0 Å². The van der Waals surface area contributed by atoms with E-state index in [1.54, 1.807) is 0 Å². The predicted octanol–water partition coefficient (Wildman–Crippen LogP) is 3.66. The van der Waals surface area contributed by atoms with E-state index in [9.17, 15) is 0 Å². The SMILES string of the molecule is c1ccc(CCNC2=NCC(c3ccccc3)S2)cc1. The fourth-order valence-corrected chi connectivity index (χ4v) is 3.32. The molecule has 3 heteroatoms. The maximum absolute atomic E-state index is 4.59. The van der Waals surface area contributed by atoms with Crippen LogP contribution in [0.25, 0.3) is 0 Å². The molecule has 0 spiro atoms. The molecule has 1 heterocycles. The molecule has 1 aliphatic heterocycles. The quantitative estimate of drug-likeness (QED) is 0.925. The van der Waals surface area contributed by atoms with Crippen LogP contribution in [0.15, 0.2) is 65.7 Å². The standard InChI is InChI=1S/C17H18N2S/c1-3-7-14(8-4-1)11-12-18-17-19-13-16(20-17)15-9-5-2-6-10-15/h1-10,16H,11-13H2,(H,18,19). The van der Waals surface area contributed by atoms with Crippen molar-refractivity contribution in [2.45, 2.75) is 11.7 Å². The Kier molecular flexibility index (Phi) is 4.38. The van der Waals surface area contributed by atoms with E-state index in [1.165, 1.54) is 11.1 Å². The van der Waals surface area contributed by atoms with E-state index in [2.05, 4.69) is 71.0 Å². The van der Waals surface area contributed by atoms with Gasteiger partial charge in [-0.3, -0.25) is 4.99 Å². The van der Waals surface area contributed by atoms with Gasteiger partial charge in [0.1, 0.15) is 0 Å². The van der Waals surface area contributed by atoms with Crippen molar-refractivity contribution in [3.63, 3.8) is 0 Å². The van der Waals surface area contributed by atoms with Crippen LogP contribution in [-0.4, -0.2) is 18.3 Å². The van der Waals surface area contributed by atoms with Gasteiger partial charge in [-0.25, -0.2) is 0 Å². The minimum atomic E-state index is 0.468. The first-order valence-electron chi connectivity index (χ1n) is 6.96. The lowest BCUT2D eigenvalue weighted by Gasteiger charge is -2.09. The zero-order valence-electron chi connectivity index (χ0n) is 11.3. The molecule has 2 aromatic carbocycles. The van der Waals surface area contributed by atoms with Gasteiger partial charge < -0.3 is 5.32 Å². The summed E-state index contributed by atoms with van der Waals surface area (Å²) >= 11 is 1.84. The summed E-state index contributed by atoms with van der Waals surface area (Å²) in [6.45, 7) is 1.82. The Morgan fingerprint density at radius 1 is 1.00 bits per heavy atom. The molecule has 2 aromatic rings. The topological polar surface area (TPSA) is 24.4 Å². The van der Waals surface area contributed by atoms with E-state index in [4.69, 9.17) is 0 Å². The van der Waals surface area contributed by atoms with Gasteiger partial charge >= 0.3 is 0 Å². The largest absolute Gasteiger partial charge is 0.365 e. The molecular weight excluding hydrogens is 264 g/mol. The summed E-state index contributed by atoms with van der Waals surface area (Å²) in [6, 6.07) is 21.2. The van der Waals surface area contributed by atoms with Gasteiger partial charge in [0.05, 0.1) is 11.8 Å². The number of nitrogens with one attached hydrogen (secondary N) is 1. The second-order valence-corrected chi connectivity index (χ2v) is 6.02. The number of thioether (sulfide) groups is 1. The molecule has 2 nitrogen and oxygen atoms in total. The number of benzene rings is 2. The molecule has 0 aliphatic carbocycles. The Morgan fingerprint density at radius 3 is 2.45 bits per heavy atom. The molecule has 20 heavy (non-hydrogen) atoms. The number of amidine groups is 1. The molecule has 0 amide bonds. The van der Waals surface area contributed by atoms with Gasteiger partial charge in [-0.15, -0.1) is 0 Å². The van der Waals surface area contributed by atoms with Crippen LogP contribution in [0.2, 0.25) is 0 Å². The molecule has 1 aliphatic rings. The molecular formula is C17H18N2S. The van der Waals surface area contributed by atoms with Gasteiger partial charge in [0.2, 0.25) is 0 Å². The highest BCUT2D eigenvalue weighted by Gasteiger charge is 2.20. The second kappa shape index (κ2) is 6.62. The number of hydrogen-bond acceptors (Lipinski definition) is 3. The van der Waals surface area contributed by atoms with Gasteiger partial charge in [-0.05, 0) is 17.5 Å². The molecule has 1 N–H and O–H groups in total. The van der Waals surface area contributed by atoms with Gasteiger partial charge in [-0.1, -0.05) is 72.4 Å². The van der Waals surface area contributed by atoms with Crippen molar-refractivity contribution >= 4 is 16.9 Å². The van der Waals surface area contributed by atoms with Gasteiger partial charge in [-0.2, -0.15) is 0 Å². The lowest BCUT2D eigenvalue weighted by atomic mass is 10.1. The summed E-state index contributed by atoms with van der Waals surface area (Å²) in [4.78, 5) is 4.59. The maximum atomic E-state index is 4.59. The molecule has 1 unspecified atom stereocenters. The fourth-order valence-electron chi connectivity index (χ4n) is 2.27. The zero-order chi connectivity index (χ0) is 13.6. The summed E-state index contributed by atoms with van der Waals surface area (Å²) < 4.78 is 0. The second-order valence-electron chi connectivity index (χ2n) is 4.83. The van der Waals surface area contributed by atoms with Crippen LogP contribution >= 0.6 is 11.8 Å². The van der Waals surface area contributed by atoms with Crippen LogP contribution in [0.4, 0.5) is 0 Å². The van der Waals surface area contributed by atoms with Crippen LogP contribution in [0.5, 0.6) is 0 Å². The Morgan fingerprint density at radius 2 is 1.70 bits per heavy atom. The Bertz CT molecular complexity index is 566. The summed E-state index contributed by atoms with van der Waals surface area (Å²) in [5, 5.41) is 4.99. The number of hydrogen-bond donors (Lipinski definition) is 1. The highest BCUT2D eigenvalue weighted by molar-refractivity contribution is 8.14. The minimum absolute atomic E-state index is 0.468. The third-order valence-corrected chi connectivity index (χ3v) is 4.56. The van der Waals surface area contributed by atoms with Crippen LogP contribution in [0.1, 0.15) is 16.4 Å². The minimum Gasteiger partial charge on any atom is -0.365 e. The van der Waals surface area contributed by atoms with E-state index < -0.39 is 0 Å². The summed E-state index contributed by atoms with van der Waals surface area (Å²) in [5.41, 5.74) is 2.73. The first-order chi connectivity index (χ1) is 9.92. The Hall–Kier alpha value is -1.74. The van der Waals surface area contributed by atoms with Crippen molar-refractivity contribution in [2.24, 2.45) is 4.99 Å². The average Bonchev–Trinajstić information content (AvgIpc) is 2.98. The molecule has 0 radical (unpaired) electrons. The first kappa shape index (κ1) is 13.3. The van der Waals surface area contributed by atoms with Crippen LogP contribution in [0, 0.1) is 0 Å². The van der Waals surface area contributed by atoms with E-state index >= 15 is 0 Å². The van der Waals surface area contributed by atoms with Crippen molar-refractivity contribution < 1.29 is 0 Å². The van der Waals surface area contributed by atoms with Crippen molar-refractivity contribution in [2.75, 3.05) is 13.1 Å². The molecule has 0 fully saturated rings. The van der Waals surface area contributed by atoms with Gasteiger partial charge in [0, 0.05) is 6.54 Å². The van der Waals surface area contributed by atoms with Crippen molar-refractivity contribution in [1.82, 2.24) is 5.32 Å². The molecule has 1 atom stereocenters. The maximum Gasteiger partial charge on any atom is 0.157 e. The number of nitrogens with zero attached hydrogens (tertiary/aromatic N) is 1. The molecule has 3 rings (SSSR count). The molecule has 0 aromatic heterocycles. The zero-order valence-corrected chi connectivity index (χ0v) is 12.1. The predicted molar refractivity (Wildman–Crippen MR) is 87.2 cm³/mol. The van der Waals surface area contributed by atoms with E-state index in [0.29, 0.717) is 5.25 Å². The van der Waals surface area contributed by atoms with Crippen molar-refractivity contribution in [1.29, 1.82) is 0 Å². The highest BCUT2D eigenvalue weighted by atomic mass is 32.2. The number of aliphatic imine (C=N–C) groups is 1. The van der Waals surface area contributed by atoms with E-state index in [1.807, 2.05) is 11.8 Å². The third-order valence-electron chi connectivity index (χ3n) is 3.36. The molecule has 0 saturated heterocycles. The Labute approximate surface area is 124 Å². The summed E-state index contributed by atoms with van der Waals surface area (Å²) in [6.07, 6.45) is 1.04. The lowest BCUT2D eigenvalue weighted by molar-refractivity contribution is 0.869. The van der Waals surface area contributed by atoms with E-state index in [-0.39, 0.29) is 0 Å². The molecule has 0 bridgehead atoms. The lowest BCUT2D eigenvalue weighted by Crippen LogP contribution is -2.21. The smallest absolute Gasteiger partial charge is 0.157 e. The van der Waals surface area contributed by atoms with Crippen LogP contribution in [-0.2, 0) is 6.42 Å².